The van der Waals surface area contributed by atoms with Gasteiger partial charge in [-0.15, -0.1) is 6.58 Å². The van der Waals surface area contributed by atoms with Gasteiger partial charge >= 0.3 is 0 Å². The second-order valence-corrected chi connectivity index (χ2v) is 5.82. The fourth-order valence-electron chi connectivity index (χ4n) is 1.97. The highest BCUT2D eigenvalue weighted by Crippen LogP contribution is 2.23. The lowest BCUT2D eigenvalue weighted by molar-refractivity contribution is 0.199. The lowest BCUT2D eigenvalue weighted by atomic mass is 10.2. The number of halogens is 1. The van der Waals surface area contributed by atoms with Crippen molar-refractivity contribution in [1.29, 1.82) is 0 Å². The van der Waals surface area contributed by atoms with Gasteiger partial charge in [0.05, 0.1) is 13.2 Å². The van der Waals surface area contributed by atoms with Crippen LogP contribution in [0.4, 0.5) is 0 Å². The fraction of sp³-hybridized carbons (Fsp3) is 0.529. The summed E-state index contributed by atoms with van der Waals surface area (Å²) in [7, 11) is 1.71. The smallest absolute Gasteiger partial charge is 0.123 e. The van der Waals surface area contributed by atoms with Crippen molar-refractivity contribution < 1.29 is 9.47 Å². The molecule has 0 amide bonds. The first-order valence-corrected chi connectivity index (χ1v) is 8.29. The Labute approximate surface area is 136 Å². The van der Waals surface area contributed by atoms with Crippen LogP contribution in [0.15, 0.2) is 35.3 Å². The molecule has 0 aliphatic heterocycles. The molecule has 0 atom stereocenters. The van der Waals surface area contributed by atoms with E-state index in [1.54, 1.807) is 7.11 Å². The molecule has 0 radical (unpaired) electrons. The second kappa shape index (κ2) is 11.8. The molecule has 1 aromatic carbocycles. The van der Waals surface area contributed by atoms with Crippen LogP contribution in [-0.4, -0.2) is 26.9 Å². The van der Waals surface area contributed by atoms with Crippen LogP contribution in [0.1, 0.15) is 31.2 Å². The van der Waals surface area contributed by atoms with Gasteiger partial charge in [0.1, 0.15) is 5.75 Å². The van der Waals surface area contributed by atoms with Crippen molar-refractivity contribution in [3.05, 3.63) is 40.9 Å². The van der Waals surface area contributed by atoms with Crippen molar-refractivity contribution in [3.63, 3.8) is 0 Å². The molecule has 0 unspecified atom stereocenters. The van der Waals surface area contributed by atoms with Crippen molar-refractivity contribution in [2.45, 2.75) is 32.2 Å². The van der Waals surface area contributed by atoms with E-state index in [0.29, 0.717) is 6.61 Å². The van der Waals surface area contributed by atoms with Gasteiger partial charge in [-0.1, -0.05) is 22.0 Å². The van der Waals surface area contributed by atoms with Crippen molar-refractivity contribution in [1.82, 2.24) is 5.32 Å². The van der Waals surface area contributed by atoms with Gasteiger partial charge in [0, 0.05) is 30.2 Å². The van der Waals surface area contributed by atoms with Gasteiger partial charge in [-0.25, -0.2) is 0 Å². The van der Waals surface area contributed by atoms with E-state index in [2.05, 4.69) is 33.9 Å². The zero-order valence-electron chi connectivity index (χ0n) is 12.9. The molecule has 3 nitrogen and oxygen atoms in total. The van der Waals surface area contributed by atoms with E-state index < -0.39 is 0 Å². The number of rotatable bonds is 12. The molecule has 0 spiro atoms. The summed E-state index contributed by atoms with van der Waals surface area (Å²) in [4.78, 5) is 0. The van der Waals surface area contributed by atoms with Crippen molar-refractivity contribution >= 4 is 15.9 Å². The first-order chi connectivity index (χ1) is 10.3. The quantitative estimate of drug-likeness (QED) is 0.447. The van der Waals surface area contributed by atoms with E-state index in [4.69, 9.17) is 9.47 Å². The second-order valence-electron chi connectivity index (χ2n) is 4.91. The molecule has 0 fully saturated rings. The van der Waals surface area contributed by atoms with Crippen LogP contribution in [0.5, 0.6) is 5.75 Å². The Kier molecular flexibility index (Phi) is 10.2. The number of allylic oxidation sites excluding steroid dienone is 1. The Morgan fingerprint density at radius 1 is 1.24 bits per heavy atom. The summed E-state index contributed by atoms with van der Waals surface area (Å²) in [6.07, 6.45) is 6.52. The molecule has 1 aromatic rings. The van der Waals surface area contributed by atoms with Gasteiger partial charge in [-0.2, -0.15) is 0 Å². The lowest BCUT2D eigenvalue weighted by Crippen LogP contribution is -2.19. The molecule has 0 bridgehead atoms. The zero-order valence-corrected chi connectivity index (χ0v) is 14.5. The predicted octanol–water partition coefficient (Wildman–Crippen LogP) is 4.31. The van der Waals surface area contributed by atoms with Gasteiger partial charge in [0.15, 0.2) is 0 Å². The topological polar surface area (TPSA) is 30.5 Å². The Morgan fingerprint density at radius 3 is 2.86 bits per heavy atom. The molecule has 118 valence electrons. The highest BCUT2D eigenvalue weighted by Gasteiger charge is 2.04. The summed E-state index contributed by atoms with van der Waals surface area (Å²) in [5, 5.41) is 3.35. The molecule has 0 saturated carbocycles. The maximum absolute atomic E-state index is 5.91. The van der Waals surface area contributed by atoms with E-state index in [0.717, 1.165) is 42.8 Å². The monoisotopic (exact) mass is 355 g/mol. The molecule has 0 aliphatic rings. The van der Waals surface area contributed by atoms with E-state index >= 15 is 0 Å². The van der Waals surface area contributed by atoms with Crippen LogP contribution in [0.3, 0.4) is 0 Å². The third-order valence-electron chi connectivity index (χ3n) is 3.13. The zero-order chi connectivity index (χ0) is 15.3. The van der Waals surface area contributed by atoms with Crippen molar-refractivity contribution in [2.24, 2.45) is 0 Å². The third kappa shape index (κ3) is 8.24. The average Bonchev–Trinajstić information content (AvgIpc) is 2.49. The minimum atomic E-state index is 0.716. The summed E-state index contributed by atoms with van der Waals surface area (Å²) >= 11 is 3.51. The molecular formula is C17H26BrNO2. The Balaban J connectivity index is 2.38. The molecule has 21 heavy (non-hydrogen) atoms. The van der Waals surface area contributed by atoms with Crippen LogP contribution < -0.4 is 10.1 Å². The number of hydrogen-bond acceptors (Lipinski definition) is 3. The summed E-state index contributed by atoms with van der Waals surface area (Å²) in [5.74, 6) is 0.965. The van der Waals surface area contributed by atoms with Gasteiger partial charge < -0.3 is 14.8 Å². The number of methoxy groups -OCH3 is 1. The van der Waals surface area contributed by atoms with Crippen LogP contribution in [0, 0.1) is 0 Å². The lowest BCUT2D eigenvalue weighted by Gasteiger charge is -2.13. The summed E-state index contributed by atoms with van der Waals surface area (Å²) < 4.78 is 12.0. The maximum Gasteiger partial charge on any atom is 0.123 e. The molecule has 0 heterocycles. The predicted molar refractivity (Wildman–Crippen MR) is 91.9 cm³/mol. The number of hydrogen-bond donors (Lipinski definition) is 1. The van der Waals surface area contributed by atoms with Crippen LogP contribution in [0.2, 0.25) is 0 Å². The number of ether oxygens (including phenoxy) is 2. The molecule has 0 aliphatic carbocycles. The third-order valence-corrected chi connectivity index (χ3v) is 3.62. The van der Waals surface area contributed by atoms with Crippen molar-refractivity contribution in [2.75, 3.05) is 26.9 Å². The van der Waals surface area contributed by atoms with Crippen LogP contribution >= 0.6 is 15.9 Å². The van der Waals surface area contributed by atoms with Gasteiger partial charge in [0.25, 0.3) is 0 Å². The molecule has 0 saturated heterocycles. The largest absolute Gasteiger partial charge is 0.493 e. The number of benzene rings is 1. The summed E-state index contributed by atoms with van der Waals surface area (Å²) in [5.41, 5.74) is 1.17. The molecule has 0 aromatic heterocycles. The standard InChI is InChI=1S/C17H26BrNO2/c1-3-4-5-6-7-11-21-17-9-8-16(18)13-15(17)14-19-10-12-20-2/h3,8-9,13,19H,1,4-7,10-12,14H2,2H3. The molecule has 1 rings (SSSR count). The number of nitrogens with one attached hydrogen (secondary N) is 1. The molecular weight excluding hydrogens is 330 g/mol. The van der Waals surface area contributed by atoms with Crippen LogP contribution in [0.25, 0.3) is 0 Å². The molecule has 4 heteroatoms. The van der Waals surface area contributed by atoms with Gasteiger partial charge in [-0.05, 0) is 43.9 Å². The average molecular weight is 356 g/mol. The number of unbranched alkanes of at least 4 members (excludes halogenated alkanes) is 3. The van der Waals surface area contributed by atoms with Gasteiger partial charge in [-0.3, -0.25) is 0 Å². The maximum atomic E-state index is 5.91. The Morgan fingerprint density at radius 2 is 2.10 bits per heavy atom. The van der Waals surface area contributed by atoms with E-state index in [-0.39, 0.29) is 0 Å². The first kappa shape index (κ1) is 18.2. The van der Waals surface area contributed by atoms with E-state index in [1.165, 1.54) is 18.4 Å². The van der Waals surface area contributed by atoms with E-state index in [9.17, 15) is 0 Å². The minimum Gasteiger partial charge on any atom is -0.493 e. The first-order valence-electron chi connectivity index (χ1n) is 7.49. The highest BCUT2D eigenvalue weighted by atomic mass is 79.9. The van der Waals surface area contributed by atoms with Crippen LogP contribution in [-0.2, 0) is 11.3 Å². The van der Waals surface area contributed by atoms with E-state index in [1.807, 2.05) is 18.2 Å². The molecule has 1 N–H and O–H groups in total. The highest BCUT2D eigenvalue weighted by molar-refractivity contribution is 9.10. The Hall–Kier alpha value is -0.840. The normalized spacial score (nSPS) is 10.6. The summed E-state index contributed by atoms with van der Waals surface area (Å²) in [6, 6.07) is 6.15. The fourth-order valence-corrected chi connectivity index (χ4v) is 2.38. The Bertz CT molecular complexity index is 410. The van der Waals surface area contributed by atoms with Crippen molar-refractivity contribution in [3.8, 4) is 5.75 Å². The summed E-state index contributed by atoms with van der Waals surface area (Å²) in [6.45, 7) is 6.84. The minimum absolute atomic E-state index is 0.716. The SMILES string of the molecule is C=CCCCCCOc1ccc(Br)cc1CNCCOC. The van der Waals surface area contributed by atoms with Gasteiger partial charge in [0.2, 0.25) is 0 Å².